The zero-order chi connectivity index (χ0) is 19.3. The van der Waals surface area contributed by atoms with E-state index in [1.165, 1.54) is 21.4 Å². The predicted molar refractivity (Wildman–Crippen MR) is 93.2 cm³/mol. The topological polar surface area (TPSA) is 111 Å². The highest BCUT2D eigenvalue weighted by atomic mass is 32.2. The van der Waals surface area contributed by atoms with Crippen LogP contribution in [0.2, 0.25) is 0 Å². The molecule has 3 atom stereocenters. The van der Waals surface area contributed by atoms with Crippen LogP contribution in [0.25, 0.3) is 0 Å². The molecule has 2 fully saturated rings. The van der Waals surface area contributed by atoms with E-state index in [4.69, 9.17) is 4.74 Å². The Balaban J connectivity index is 1.58. The lowest BCUT2D eigenvalue weighted by Crippen LogP contribution is -2.39. The maximum absolute atomic E-state index is 12.9. The molecule has 0 aliphatic carbocycles. The number of hydrogen-bond acceptors (Lipinski definition) is 7. The Morgan fingerprint density at radius 1 is 1.26 bits per heavy atom. The second kappa shape index (κ2) is 6.27. The molecular weight excluding hydrogens is 372 g/mol. The third kappa shape index (κ3) is 2.96. The van der Waals surface area contributed by atoms with Crippen LogP contribution in [0.1, 0.15) is 5.82 Å². The van der Waals surface area contributed by atoms with Gasteiger partial charge in [-0.05, 0) is 6.92 Å². The summed E-state index contributed by atoms with van der Waals surface area (Å²) in [5.41, 5.74) is 0. The number of carbonyl (C=O) groups excluding carboxylic acids is 1. The summed E-state index contributed by atoms with van der Waals surface area (Å²) >= 11 is 0. The van der Waals surface area contributed by atoms with Crippen molar-refractivity contribution in [1.29, 1.82) is 0 Å². The molecular formula is C16H20N6O4S. The Labute approximate surface area is 156 Å². The van der Waals surface area contributed by atoms with Crippen molar-refractivity contribution in [3.8, 4) is 5.88 Å². The van der Waals surface area contributed by atoms with E-state index in [0.717, 1.165) is 0 Å². The highest BCUT2D eigenvalue weighted by Gasteiger charge is 2.55. The van der Waals surface area contributed by atoms with E-state index in [1.807, 2.05) is 0 Å². The smallest absolute Gasteiger partial charge is 0.264 e. The Morgan fingerprint density at radius 3 is 2.70 bits per heavy atom. The molecule has 4 heterocycles. The van der Waals surface area contributed by atoms with E-state index in [2.05, 4.69) is 15.1 Å². The number of likely N-dealkylation sites (tertiary alicyclic amines) is 1. The fourth-order valence-corrected chi connectivity index (χ4v) is 5.16. The molecule has 10 nitrogen and oxygen atoms in total. The molecule has 27 heavy (non-hydrogen) atoms. The van der Waals surface area contributed by atoms with Crippen LogP contribution >= 0.6 is 0 Å². The summed E-state index contributed by atoms with van der Waals surface area (Å²) in [6.45, 7) is 2.16. The molecule has 0 spiro atoms. The first-order chi connectivity index (χ1) is 12.8. The normalized spacial score (nSPS) is 25.8. The maximum atomic E-state index is 12.9. The summed E-state index contributed by atoms with van der Waals surface area (Å²) in [5, 5.41) is 3.94. The Bertz CT molecular complexity index is 990. The van der Waals surface area contributed by atoms with Gasteiger partial charge in [-0.1, -0.05) is 0 Å². The molecule has 2 aliphatic rings. The molecule has 0 N–H and O–H groups in total. The number of rotatable bonds is 4. The van der Waals surface area contributed by atoms with Gasteiger partial charge < -0.3 is 9.64 Å². The molecule has 11 heteroatoms. The van der Waals surface area contributed by atoms with Crippen molar-refractivity contribution in [1.82, 2.24) is 29.0 Å². The monoisotopic (exact) mass is 392 g/mol. The lowest BCUT2D eigenvalue weighted by Gasteiger charge is -2.21. The quantitative estimate of drug-likeness (QED) is 0.685. The molecule has 0 saturated carbocycles. The number of hydrogen-bond donors (Lipinski definition) is 0. The summed E-state index contributed by atoms with van der Waals surface area (Å²) in [7, 11) is -0.333. The number of fused-ring (bicyclic) bond motifs is 1. The fourth-order valence-electron chi connectivity index (χ4n) is 3.68. The minimum absolute atomic E-state index is 0.142. The van der Waals surface area contributed by atoms with Gasteiger partial charge in [0, 0.05) is 51.6 Å². The van der Waals surface area contributed by atoms with Crippen molar-refractivity contribution in [2.45, 2.75) is 24.0 Å². The summed E-state index contributed by atoms with van der Waals surface area (Å²) < 4.78 is 34.5. The fraction of sp³-hybridized carbons (Fsp3) is 0.500. The van der Waals surface area contributed by atoms with E-state index in [1.54, 1.807) is 38.2 Å². The van der Waals surface area contributed by atoms with Crippen molar-refractivity contribution < 1.29 is 17.9 Å². The second-order valence-corrected chi connectivity index (χ2v) is 8.77. The maximum Gasteiger partial charge on any atom is 0.264 e. The van der Waals surface area contributed by atoms with Gasteiger partial charge in [-0.25, -0.2) is 13.4 Å². The largest absolute Gasteiger partial charge is 0.464 e. The van der Waals surface area contributed by atoms with Gasteiger partial charge in [0.1, 0.15) is 10.7 Å². The van der Waals surface area contributed by atoms with Gasteiger partial charge in [0.15, 0.2) is 6.10 Å². The minimum Gasteiger partial charge on any atom is -0.464 e. The molecule has 0 unspecified atom stereocenters. The Hall–Kier alpha value is -2.53. The molecule has 2 saturated heterocycles. The molecule has 2 aromatic heterocycles. The van der Waals surface area contributed by atoms with Crippen molar-refractivity contribution in [3.63, 3.8) is 0 Å². The van der Waals surface area contributed by atoms with Crippen LogP contribution in [0.15, 0.2) is 29.6 Å². The molecule has 0 bridgehead atoms. The lowest BCUT2D eigenvalue weighted by atomic mass is 10.0. The van der Waals surface area contributed by atoms with Gasteiger partial charge in [-0.2, -0.15) is 14.4 Å². The zero-order valence-electron chi connectivity index (χ0n) is 15.2. The van der Waals surface area contributed by atoms with Gasteiger partial charge in [-0.3, -0.25) is 9.48 Å². The summed E-state index contributed by atoms with van der Waals surface area (Å²) in [5.74, 6) is 0.405. The first-order valence-corrected chi connectivity index (χ1v) is 9.93. The van der Waals surface area contributed by atoms with E-state index < -0.39 is 16.1 Å². The van der Waals surface area contributed by atoms with E-state index >= 15 is 0 Å². The van der Waals surface area contributed by atoms with Gasteiger partial charge in [-0.15, -0.1) is 0 Å². The van der Waals surface area contributed by atoms with Crippen LogP contribution in [-0.2, 0) is 21.9 Å². The number of aromatic nitrogens is 4. The number of aryl methyl sites for hydroxylation is 2. The summed E-state index contributed by atoms with van der Waals surface area (Å²) in [6, 6.07) is 1.35. The van der Waals surface area contributed by atoms with Crippen LogP contribution in [0.4, 0.5) is 0 Å². The van der Waals surface area contributed by atoms with Crippen LogP contribution in [-0.4, -0.2) is 75.6 Å². The molecule has 0 aromatic carbocycles. The molecule has 144 valence electrons. The van der Waals surface area contributed by atoms with Crippen LogP contribution in [0, 0.1) is 12.8 Å². The van der Waals surface area contributed by atoms with E-state index in [0.29, 0.717) is 11.7 Å². The second-order valence-electron chi connectivity index (χ2n) is 6.83. The molecule has 2 aromatic rings. The third-order valence-electron chi connectivity index (χ3n) is 5.09. The van der Waals surface area contributed by atoms with Gasteiger partial charge >= 0.3 is 0 Å². The zero-order valence-corrected chi connectivity index (χ0v) is 16.0. The van der Waals surface area contributed by atoms with Crippen LogP contribution in [0.3, 0.4) is 0 Å². The predicted octanol–water partition coefficient (Wildman–Crippen LogP) is -0.573. The van der Waals surface area contributed by atoms with Crippen molar-refractivity contribution in [2.75, 3.05) is 20.1 Å². The van der Waals surface area contributed by atoms with Crippen molar-refractivity contribution in [2.24, 2.45) is 13.0 Å². The lowest BCUT2D eigenvalue weighted by molar-refractivity contribution is -0.133. The Morgan fingerprint density at radius 2 is 2.04 bits per heavy atom. The molecule has 1 amide bonds. The number of ether oxygens (including phenoxy) is 1. The average molecular weight is 392 g/mol. The van der Waals surface area contributed by atoms with E-state index in [9.17, 15) is 13.2 Å². The van der Waals surface area contributed by atoms with Gasteiger partial charge in [0.05, 0.1) is 12.2 Å². The van der Waals surface area contributed by atoms with Gasteiger partial charge in [0.25, 0.3) is 5.91 Å². The summed E-state index contributed by atoms with van der Waals surface area (Å²) in [4.78, 5) is 22.5. The number of nitrogens with zero attached hydrogens (tertiary/aromatic N) is 6. The van der Waals surface area contributed by atoms with Crippen LogP contribution < -0.4 is 4.74 Å². The third-order valence-corrected chi connectivity index (χ3v) is 6.88. The SMILES string of the molecule is Cc1nccc(O[C@@H]2C(=O)N(C)[C@@H]3CN(S(=O)(=O)c4cnn(C)c4)C[C@H]23)n1. The standard InChI is InChI=1S/C16H20N6O4S/c1-10-17-5-4-14(19-10)26-15-12-8-22(9-13(12)21(3)16(15)23)27(24,25)11-6-18-20(2)7-11/h4-7,12-13,15H,8-9H2,1-3H3/t12-,13+,15-/m0/s1. The number of amides is 1. The first kappa shape index (κ1) is 17.9. The van der Waals surface area contributed by atoms with E-state index in [-0.39, 0.29) is 35.9 Å². The van der Waals surface area contributed by atoms with Crippen molar-refractivity contribution >= 4 is 15.9 Å². The number of sulfonamides is 1. The summed E-state index contributed by atoms with van der Waals surface area (Å²) in [6.07, 6.45) is 3.58. The molecule has 0 radical (unpaired) electrons. The van der Waals surface area contributed by atoms with Crippen molar-refractivity contribution in [3.05, 3.63) is 30.5 Å². The highest BCUT2D eigenvalue weighted by molar-refractivity contribution is 7.89. The molecule has 4 rings (SSSR count). The van der Waals surface area contributed by atoms with Gasteiger partial charge in [0.2, 0.25) is 15.9 Å². The average Bonchev–Trinajstić information content (AvgIpc) is 3.29. The first-order valence-electron chi connectivity index (χ1n) is 8.49. The highest BCUT2D eigenvalue weighted by Crippen LogP contribution is 2.36. The Kier molecular flexibility index (Phi) is 4.15. The number of likely N-dealkylation sites (N-methyl/N-ethyl adjacent to an activating group) is 1. The number of carbonyl (C=O) groups is 1. The minimum atomic E-state index is -3.67. The van der Waals surface area contributed by atoms with Crippen LogP contribution in [0.5, 0.6) is 5.88 Å². The molecule has 2 aliphatic heterocycles.